The van der Waals surface area contributed by atoms with Crippen LogP contribution in [-0.2, 0) is 4.79 Å². The molecular formula is C2H5NaO. The summed E-state index contributed by atoms with van der Waals surface area (Å²) in [4.78, 5) is 8.81. The van der Waals surface area contributed by atoms with Crippen molar-refractivity contribution in [1.29, 1.82) is 0 Å². The Labute approximate surface area is 47.7 Å². The summed E-state index contributed by atoms with van der Waals surface area (Å²) in [6.07, 6.45) is 0.750. The van der Waals surface area contributed by atoms with E-state index >= 15 is 0 Å². The molecule has 0 fully saturated rings. The summed E-state index contributed by atoms with van der Waals surface area (Å²) in [6.45, 7) is 1.44. The molecule has 1 nitrogen and oxygen atoms in total. The van der Waals surface area contributed by atoms with Crippen LogP contribution in [0.5, 0.6) is 0 Å². The molecule has 0 amide bonds. The van der Waals surface area contributed by atoms with Crippen molar-refractivity contribution >= 4 is 35.8 Å². The van der Waals surface area contributed by atoms with Crippen LogP contribution in [0.1, 0.15) is 6.92 Å². The topological polar surface area (TPSA) is 17.1 Å². The number of hydrogen-bond donors (Lipinski definition) is 0. The summed E-state index contributed by atoms with van der Waals surface area (Å²) in [5.41, 5.74) is 0. The van der Waals surface area contributed by atoms with Gasteiger partial charge >= 0.3 is 29.6 Å². The Balaban J connectivity index is 0. The predicted octanol–water partition coefficient (Wildman–Crippen LogP) is -0.443. The van der Waals surface area contributed by atoms with Crippen molar-refractivity contribution in [3.8, 4) is 0 Å². The third-order valence-corrected chi connectivity index (χ3v) is 0. The molecule has 0 saturated carbocycles. The van der Waals surface area contributed by atoms with Gasteiger partial charge in [-0.3, -0.25) is 0 Å². The average Bonchev–Trinajstić information content (AvgIpc) is 0.918. The molecule has 0 radical (unpaired) electrons. The standard InChI is InChI=1S/C2H4O.Na.H/c1-2-3;;/h2H,1H3;;. The van der Waals surface area contributed by atoms with Crippen LogP contribution >= 0.6 is 0 Å². The van der Waals surface area contributed by atoms with Crippen LogP contribution in [-0.4, -0.2) is 35.8 Å². The molecule has 2 heteroatoms. The first kappa shape index (κ1) is 8.82. The Bertz CT molecular complexity index is 13.5. The fraction of sp³-hybridized carbons (Fsp3) is 0.500. The van der Waals surface area contributed by atoms with E-state index in [1.165, 1.54) is 6.92 Å². The molecule has 0 N–H and O–H groups in total. The summed E-state index contributed by atoms with van der Waals surface area (Å²) in [7, 11) is 0. The SMILES string of the molecule is CC=O.[NaH]. The van der Waals surface area contributed by atoms with E-state index in [4.69, 9.17) is 4.79 Å². The Morgan fingerprint density at radius 2 is 1.75 bits per heavy atom. The maximum absolute atomic E-state index is 8.81. The first-order valence-corrected chi connectivity index (χ1v) is 0.813. The molecule has 0 aliphatic carbocycles. The molecule has 0 saturated heterocycles. The first-order valence-electron chi connectivity index (χ1n) is 0.813. The molecule has 0 aliphatic heterocycles. The molecule has 0 bridgehead atoms. The molecule has 0 rings (SSSR count). The predicted molar refractivity (Wildman–Crippen MR) is 18.9 cm³/mol. The van der Waals surface area contributed by atoms with Crippen LogP contribution in [0.4, 0.5) is 0 Å². The van der Waals surface area contributed by atoms with Crippen molar-refractivity contribution in [1.82, 2.24) is 0 Å². The average molecular weight is 68.1 g/mol. The summed E-state index contributed by atoms with van der Waals surface area (Å²) in [6, 6.07) is 0. The van der Waals surface area contributed by atoms with Crippen molar-refractivity contribution in [3.63, 3.8) is 0 Å². The zero-order valence-electron chi connectivity index (χ0n) is 1.99. The maximum atomic E-state index is 8.81. The van der Waals surface area contributed by atoms with Gasteiger partial charge in [0.2, 0.25) is 0 Å². The van der Waals surface area contributed by atoms with Gasteiger partial charge in [-0.05, 0) is 6.92 Å². The Hall–Kier alpha value is 0.670. The molecule has 0 aromatic heterocycles. The minimum atomic E-state index is 0. The van der Waals surface area contributed by atoms with E-state index in [2.05, 4.69) is 0 Å². The molecule has 20 valence electrons. The number of aldehydes is 1. The van der Waals surface area contributed by atoms with Crippen molar-refractivity contribution in [3.05, 3.63) is 0 Å². The summed E-state index contributed by atoms with van der Waals surface area (Å²) in [5.74, 6) is 0. The van der Waals surface area contributed by atoms with Crippen LogP contribution in [0.3, 0.4) is 0 Å². The quantitative estimate of drug-likeness (QED) is 0.278. The Morgan fingerprint density at radius 1 is 1.75 bits per heavy atom. The molecule has 0 aromatic rings. The van der Waals surface area contributed by atoms with E-state index < -0.39 is 0 Å². The van der Waals surface area contributed by atoms with Crippen LogP contribution in [0.2, 0.25) is 0 Å². The van der Waals surface area contributed by atoms with Gasteiger partial charge in [-0.25, -0.2) is 0 Å². The van der Waals surface area contributed by atoms with E-state index in [1.807, 2.05) is 0 Å². The summed E-state index contributed by atoms with van der Waals surface area (Å²) >= 11 is 0. The number of carbonyl (C=O) groups is 1. The van der Waals surface area contributed by atoms with Gasteiger partial charge < -0.3 is 4.79 Å². The zero-order valence-corrected chi connectivity index (χ0v) is 1.99. The van der Waals surface area contributed by atoms with Crippen LogP contribution in [0.15, 0.2) is 0 Å². The fourth-order valence-corrected chi connectivity index (χ4v) is 0. The molecule has 0 spiro atoms. The van der Waals surface area contributed by atoms with Crippen LogP contribution < -0.4 is 0 Å². The minimum absolute atomic E-state index is 0. The second-order valence-electron chi connectivity index (χ2n) is 0.236. The fourth-order valence-electron chi connectivity index (χ4n) is 0. The zero-order chi connectivity index (χ0) is 2.71. The van der Waals surface area contributed by atoms with E-state index in [9.17, 15) is 0 Å². The van der Waals surface area contributed by atoms with Crippen LogP contribution in [0.25, 0.3) is 0 Å². The van der Waals surface area contributed by atoms with Gasteiger partial charge in [-0.15, -0.1) is 0 Å². The van der Waals surface area contributed by atoms with E-state index in [0.717, 1.165) is 6.29 Å². The summed E-state index contributed by atoms with van der Waals surface area (Å²) in [5, 5.41) is 0. The third kappa shape index (κ3) is 16.6. The number of hydrogen-bond acceptors (Lipinski definition) is 1. The molecule has 4 heavy (non-hydrogen) atoms. The van der Waals surface area contributed by atoms with E-state index in [-0.39, 0.29) is 29.6 Å². The van der Waals surface area contributed by atoms with Crippen molar-refractivity contribution in [2.45, 2.75) is 6.92 Å². The van der Waals surface area contributed by atoms with Gasteiger partial charge in [0.05, 0.1) is 0 Å². The van der Waals surface area contributed by atoms with Gasteiger partial charge in [0.25, 0.3) is 0 Å². The summed E-state index contributed by atoms with van der Waals surface area (Å²) < 4.78 is 0. The number of carbonyl (C=O) groups excluding carboxylic acids is 1. The van der Waals surface area contributed by atoms with Crippen LogP contribution in [0, 0.1) is 0 Å². The molecular weight excluding hydrogens is 63.0 g/mol. The molecule has 0 heterocycles. The molecule has 0 aliphatic rings. The van der Waals surface area contributed by atoms with Crippen molar-refractivity contribution in [2.24, 2.45) is 0 Å². The van der Waals surface area contributed by atoms with Gasteiger partial charge in [0, 0.05) is 0 Å². The Kier molecular flexibility index (Phi) is 20.7. The van der Waals surface area contributed by atoms with Crippen molar-refractivity contribution in [2.75, 3.05) is 0 Å². The monoisotopic (exact) mass is 68.0 g/mol. The number of rotatable bonds is 0. The molecule has 0 aromatic carbocycles. The molecule has 0 unspecified atom stereocenters. The second-order valence-corrected chi connectivity index (χ2v) is 0.236. The van der Waals surface area contributed by atoms with Gasteiger partial charge in [-0.2, -0.15) is 0 Å². The van der Waals surface area contributed by atoms with E-state index in [1.54, 1.807) is 0 Å². The Morgan fingerprint density at radius 3 is 1.75 bits per heavy atom. The van der Waals surface area contributed by atoms with Crippen molar-refractivity contribution < 1.29 is 4.79 Å². The van der Waals surface area contributed by atoms with Gasteiger partial charge in [0.15, 0.2) is 0 Å². The normalized spacial score (nSPS) is 3.25. The van der Waals surface area contributed by atoms with E-state index in [0.29, 0.717) is 0 Å². The molecule has 0 atom stereocenters. The van der Waals surface area contributed by atoms with Gasteiger partial charge in [-0.1, -0.05) is 0 Å². The second kappa shape index (κ2) is 9.38. The third-order valence-electron chi connectivity index (χ3n) is 0. The first-order chi connectivity index (χ1) is 1.41. The van der Waals surface area contributed by atoms with Gasteiger partial charge in [0.1, 0.15) is 6.29 Å².